The number of amides is 1. The van der Waals surface area contributed by atoms with Crippen molar-refractivity contribution in [3.63, 3.8) is 0 Å². The number of halogens is 1. The monoisotopic (exact) mass is 481 g/mol. The lowest BCUT2D eigenvalue weighted by Crippen LogP contribution is -2.32. The number of thiazole rings is 1. The number of pyridine rings is 1. The topological polar surface area (TPSA) is 64.6 Å². The van der Waals surface area contributed by atoms with Crippen molar-refractivity contribution in [2.24, 2.45) is 0 Å². The van der Waals surface area contributed by atoms with Crippen LogP contribution in [0.15, 0.2) is 60.2 Å². The normalized spacial score (nSPS) is 11.0. The Morgan fingerprint density at radius 2 is 2.03 bits per heavy atom. The Hall–Kier alpha value is -3.00. The van der Waals surface area contributed by atoms with E-state index in [9.17, 15) is 4.79 Å². The molecular formula is C25H24ClN3O3S. The predicted octanol–water partition coefficient (Wildman–Crippen LogP) is 5.70. The zero-order chi connectivity index (χ0) is 23.2. The molecule has 0 saturated heterocycles. The van der Waals surface area contributed by atoms with Gasteiger partial charge in [-0.15, -0.1) is 11.3 Å². The second kappa shape index (κ2) is 10.7. The number of rotatable bonds is 9. The van der Waals surface area contributed by atoms with E-state index in [2.05, 4.69) is 11.1 Å². The minimum atomic E-state index is -0.0543. The number of carbonyl (C=O) groups excluding carboxylic acids is 1. The van der Waals surface area contributed by atoms with Crippen LogP contribution < -0.4 is 4.74 Å². The molecule has 0 saturated carbocycles. The van der Waals surface area contributed by atoms with Crippen molar-refractivity contribution in [2.45, 2.75) is 13.0 Å². The summed E-state index contributed by atoms with van der Waals surface area (Å²) >= 11 is 7.57. The number of carbonyl (C=O) groups is 1. The van der Waals surface area contributed by atoms with Crippen molar-refractivity contribution >= 4 is 39.7 Å². The lowest BCUT2D eigenvalue weighted by atomic mass is 10.0. The van der Waals surface area contributed by atoms with Gasteiger partial charge >= 0.3 is 0 Å². The molecule has 0 atom stereocenters. The maximum Gasteiger partial charge on any atom is 0.265 e. The molecule has 0 radical (unpaired) electrons. The first-order chi connectivity index (χ1) is 16.1. The highest BCUT2D eigenvalue weighted by atomic mass is 35.5. The average molecular weight is 482 g/mol. The van der Waals surface area contributed by atoms with E-state index in [4.69, 9.17) is 26.1 Å². The van der Waals surface area contributed by atoms with Gasteiger partial charge in [-0.2, -0.15) is 0 Å². The Morgan fingerprint density at radius 1 is 1.15 bits per heavy atom. The first kappa shape index (κ1) is 23.2. The molecule has 0 spiro atoms. The zero-order valence-corrected chi connectivity index (χ0v) is 20.0. The Labute approximate surface area is 201 Å². The minimum Gasteiger partial charge on any atom is -0.497 e. The van der Waals surface area contributed by atoms with Gasteiger partial charge in [0, 0.05) is 42.8 Å². The third kappa shape index (κ3) is 5.50. The first-order valence-electron chi connectivity index (χ1n) is 10.5. The van der Waals surface area contributed by atoms with Crippen molar-refractivity contribution in [3.8, 4) is 17.0 Å². The van der Waals surface area contributed by atoms with Crippen LogP contribution in [0, 0.1) is 0 Å². The number of hydrogen-bond acceptors (Lipinski definition) is 6. The van der Waals surface area contributed by atoms with E-state index in [0.717, 1.165) is 39.9 Å². The molecule has 4 rings (SSSR count). The van der Waals surface area contributed by atoms with Crippen LogP contribution in [0.5, 0.6) is 5.75 Å². The molecule has 0 aliphatic rings. The number of ether oxygens (including phenoxy) is 2. The van der Waals surface area contributed by atoms with Crippen LogP contribution in [0.4, 0.5) is 0 Å². The van der Waals surface area contributed by atoms with Gasteiger partial charge in [0.2, 0.25) is 0 Å². The summed E-state index contributed by atoms with van der Waals surface area (Å²) in [5.41, 5.74) is 5.10. The van der Waals surface area contributed by atoms with E-state index in [0.29, 0.717) is 29.6 Å². The summed E-state index contributed by atoms with van der Waals surface area (Å²) in [7, 11) is 3.30. The van der Waals surface area contributed by atoms with E-state index >= 15 is 0 Å². The van der Waals surface area contributed by atoms with Crippen molar-refractivity contribution in [2.75, 3.05) is 27.4 Å². The van der Waals surface area contributed by atoms with Crippen LogP contribution in [0.3, 0.4) is 0 Å². The van der Waals surface area contributed by atoms with Crippen LogP contribution in [0.2, 0.25) is 5.02 Å². The van der Waals surface area contributed by atoms with Crippen molar-refractivity contribution < 1.29 is 14.3 Å². The van der Waals surface area contributed by atoms with E-state index in [1.54, 1.807) is 25.9 Å². The lowest BCUT2D eigenvalue weighted by molar-refractivity contribution is 0.0728. The lowest BCUT2D eigenvalue weighted by Gasteiger charge is -2.24. The average Bonchev–Trinajstić information content (AvgIpc) is 3.38. The number of nitrogens with zero attached hydrogens (tertiary/aromatic N) is 3. The Morgan fingerprint density at radius 3 is 2.79 bits per heavy atom. The van der Waals surface area contributed by atoms with Gasteiger partial charge in [-0.1, -0.05) is 29.8 Å². The van der Waals surface area contributed by atoms with Gasteiger partial charge in [-0.25, -0.2) is 4.98 Å². The summed E-state index contributed by atoms with van der Waals surface area (Å²) in [5.74, 6) is 0.686. The Balaban J connectivity index is 1.78. The molecule has 1 amide bonds. The third-order valence-corrected chi connectivity index (χ3v) is 6.27. The van der Waals surface area contributed by atoms with Crippen molar-refractivity contribution in [1.82, 2.24) is 14.9 Å². The zero-order valence-electron chi connectivity index (χ0n) is 18.5. The molecule has 0 bridgehead atoms. The third-order valence-electron chi connectivity index (χ3n) is 5.27. The van der Waals surface area contributed by atoms with Gasteiger partial charge in [-0.05, 0) is 42.3 Å². The molecule has 8 heteroatoms. The quantitative estimate of drug-likeness (QED) is 0.287. The van der Waals surface area contributed by atoms with E-state index < -0.39 is 0 Å². The molecular weight excluding hydrogens is 458 g/mol. The smallest absolute Gasteiger partial charge is 0.265 e. The molecule has 4 aromatic rings. The highest BCUT2D eigenvalue weighted by Gasteiger charge is 2.20. The molecule has 0 aliphatic heterocycles. The molecule has 0 aliphatic carbocycles. The fourth-order valence-electron chi connectivity index (χ4n) is 3.66. The molecule has 0 fully saturated rings. The number of methoxy groups -OCH3 is 2. The number of fused-ring (bicyclic) bond motifs is 1. The number of benzene rings is 2. The van der Waals surface area contributed by atoms with Crippen LogP contribution in [-0.4, -0.2) is 48.1 Å². The fourth-order valence-corrected chi connectivity index (χ4v) is 4.41. The first-order valence-corrected chi connectivity index (χ1v) is 11.7. The summed E-state index contributed by atoms with van der Waals surface area (Å²) in [6, 6.07) is 15.5. The number of aromatic nitrogens is 2. The summed E-state index contributed by atoms with van der Waals surface area (Å²) in [4.78, 5) is 24.7. The Bertz CT molecular complexity index is 1250. The molecule has 0 N–H and O–H groups in total. The Kier molecular flexibility index (Phi) is 7.54. The van der Waals surface area contributed by atoms with Gasteiger partial charge in [0.1, 0.15) is 10.6 Å². The second-order valence-electron chi connectivity index (χ2n) is 7.50. The second-order valence-corrected chi connectivity index (χ2v) is 8.83. The van der Waals surface area contributed by atoms with Crippen LogP contribution in [-0.2, 0) is 11.3 Å². The van der Waals surface area contributed by atoms with E-state index in [1.165, 1.54) is 11.3 Å². The van der Waals surface area contributed by atoms with Crippen LogP contribution in [0.25, 0.3) is 22.2 Å². The van der Waals surface area contributed by atoms with Gasteiger partial charge in [0.15, 0.2) is 0 Å². The molecule has 6 nitrogen and oxygen atoms in total. The highest BCUT2D eigenvalue weighted by Crippen LogP contribution is 2.30. The van der Waals surface area contributed by atoms with E-state index in [-0.39, 0.29) is 5.91 Å². The van der Waals surface area contributed by atoms with Crippen LogP contribution >= 0.6 is 22.9 Å². The molecule has 170 valence electrons. The molecule has 0 unspecified atom stereocenters. The summed E-state index contributed by atoms with van der Waals surface area (Å²) in [5, 5.41) is 1.59. The molecule has 2 aromatic carbocycles. The molecule has 2 heterocycles. The SMILES string of the molecule is COCCCN(Cc1cc2ccc(Cl)cc2nc1-c1cccc(OC)c1)C(=O)c1cncs1. The summed E-state index contributed by atoms with van der Waals surface area (Å²) < 4.78 is 10.6. The van der Waals surface area contributed by atoms with Gasteiger partial charge in [0.25, 0.3) is 5.91 Å². The van der Waals surface area contributed by atoms with E-state index in [1.807, 2.05) is 47.4 Å². The highest BCUT2D eigenvalue weighted by molar-refractivity contribution is 7.11. The summed E-state index contributed by atoms with van der Waals surface area (Å²) in [6.45, 7) is 1.53. The van der Waals surface area contributed by atoms with Gasteiger partial charge in [-0.3, -0.25) is 9.78 Å². The predicted molar refractivity (Wildman–Crippen MR) is 132 cm³/mol. The van der Waals surface area contributed by atoms with Crippen LogP contribution in [0.1, 0.15) is 21.7 Å². The summed E-state index contributed by atoms with van der Waals surface area (Å²) in [6.07, 6.45) is 2.34. The largest absolute Gasteiger partial charge is 0.497 e. The molecule has 33 heavy (non-hydrogen) atoms. The van der Waals surface area contributed by atoms with Crippen molar-refractivity contribution in [3.05, 3.63) is 75.7 Å². The maximum atomic E-state index is 13.3. The maximum absolute atomic E-state index is 13.3. The van der Waals surface area contributed by atoms with Gasteiger partial charge < -0.3 is 14.4 Å². The minimum absolute atomic E-state index is 0.0543. The standard InChI is InChI=1S/C25H24ClN3O3S/c1-31-10-4-9-29(25(30)23-14-27-16-33-23)15-19-11-17-7-8-20(26)13-22(17)28-24(19)18-5-3-6-21(12-18)32-2/h3,5-8,11-14,16H,4,9-10,15H2,1-2H3. The van der Waals surface area contributed by atoms with Crippen molar-refractivity contribution in [1.29, 1.82) is 0 Å². The molecule has 2 aromatic heterocycles. The van der Waals surface area contributed by atoms with Gasteiger partial charge in [0.05, 0.1) is 30.0 Å². The fraction of sp³-hybridized carbons (Fsp3) is 0.240. The number of hydrogen-bond donors (Lipinski definition) is 0.